The van der Waals surface area contributed by atoms with Crippen molar-refractivity contribution in [1.82, 2.24) is 19.4 Å². The Kier molecular flexibility index (Phi) is 8.56. The zero-order valence-corrected chi connectivity index (χ0v) is 24.9. The molecule has 5 rings (SSSR count). The summed E-state index contributed by atoms with van der Waals surface area (Å²) in [5, 5.41) is 7.97. The molecule has 0 unspecified atom stereocenters. The van der Waals surface area contributed by atoms with E-state index in [2.05, 4.69) is 5.32 Å². The highest BCUT2D eigenvalue weighted by Crippen LogP contribution is 2.39. The van der Waals surface area contributed by atoms with Gasteiger partial charge < -0.3 is 19.5 Å². The predicted octanol–water partition coefficient (Wildman–Crippen LogP) is 2.43. The fraction of sp³-hybridized carbons (Fsp3) is 0.621. The fourth-order valence-electron chi connectivity index (χ4n) is 5.85. The van der Waals surface area contributed by atoms with Crippen molar-refractivity contribution in [2.75, 3.05) is 52.7 Å². The first-order valence-electron chi connectivity index (χ1n) is 14.3. The van der Waals surface area contributed by atoms with E-state index in [0.29, 0.717) is 64.7 Å². The summed E-state index contributed by atoms with van der Waals surface area (Å²) in [6.07, 6.45) is 3.07. The third kappa shape index (κ3) is 6.35. The molecule has 1 aromatic heterocycles. The molecule has 0 aliphatic carbocycles. The van der Waals surface area contributed by atoms with Gasteiger partial charge in [-0.1, -0.05) is 13.8 Å². The van der Waals surface area contributed by atoms with Gasteiger partial charge in [-0.2, -0.15) is 9.40 Å². The number of ether oxygens (including phenoxy) is 3. The normalized spacial score (nSPS) is 19.8. The lowest BCUT2D eigenvalue weighted by Gasteiger charge is -2.36. The molecule has 11 nitrogen and oxygen atoms in total. The van der Waals surface area contributed by atoms with Crippen molar-refractivity contribution < 1.29 is 32.2 Å². The second kappa shape index (κ2) is 11.8. The van der Waals surface area contributed by atoms with Crippen LogP contribution in [0.25, 0.3) is 0 Å². The Morgan fingerprint density at radius 3 is 2.41 bits per heavy atom. The van der Waals surface area contributed by atoms with Crippen LogP contribution >= 0.6 is 0 Å². The van der Waals surface area contributed by atoms with Crippen LogP contribution in [0.3, 0.4) is 0 Å². The van der Waals surface area contributed by atoms with Gasteiger partial charge in [0.25, 0.3) is 5.91 Å². The number of amides is 1. The van der Waals surface area contributed by atoms with Crippen LogP contribution in [0.2, 0.25) is 0 Å². The molecule has 1 N–H and O–H groups in total. The largest absolute Gasteiger partial charge is 0.462 e. The van der Waals surface area contributed by atoms with Crippen LogP contribution < -0.4 is 5.32 Å². The lowest BCUT2D eigenvalue weighted by molar-refractivity contribution is 0.0159. The quantitative estimate of drug-likeness (QED) is 0.466. The van der Waals surface area contributed by atoms with Crippen LogP contribution in [0.15, 0.2) is 29.2 Å². The number of hydrogen-bond donors (Lipinski definition) is 1. The van der Waals surface area contributed by atoms with Gasteiger partial charge >= 0.3 is 5.97 Å². The number of aromatic nitrogens is 2. The van der Waals surface area contributed by atoms with Gasteiger partial charge in [-0.3, -0.25) is 9.48 Å². The molecule has 41 heavy (non-hydrogen) atoms. The molecule has 1 spiro atoms. The fourth-order valence-corrected chi connectivity index (χ4v) is 7.26. The number of morpholine rings is 1. The van der Waals surface area contributed by atoms with Crippen molar-refractivity contribution in [3.8, 4) is 0 Å². The molecule has 12 heteroatoms. The molecule has 0 saturated carbocycles. The first-order chi connectivity index (χ1) is 19.5. The van der Waals surface area contributed by atoms with Crippen molar-refractivity contribution in [3.05, 3.63) is 46.8 Å². The van der Waals surface area contributed by atoms with Crippen LogP contribution in [0, 0.1) is 10.8 Å². The molecular formula is C29H40N4O7S. The highest BCUT2D eigenvalue weighted by molar-refractivity contribution is 7.89. The zero-order chi connectivity index (χ0) is 29.3. The molecule has 1 amide bonds. The van der Waals surface area contributed by atoms with Gasteiger partial charge in [0, 0.05) is 56.8 Å². The second-order valence-corrected chi connectivity index (χ2v) is 14.0. The third-order valence-electron chi connectivity index (χ3n) is 8.32. The summed E-state index contributed by atoms with van der Waals surface area (Å²) in [6.45, 7) is 10.1. The number of benzene rings is 1. The summed E-state index contributed by atoms with van der Waals surface area (Å²) in [5.74, 6) is -0.612. The van der Waals surface area contributed by atoms with Gasteiger partial charge in [0.1, 0.15) is 5.69 Å². The first kappa shape index (κ1) is 29.7. The molecule has 0 radical (unpaired) electrons. The summed E-state index contributed by atoms with van der Waals surface area (Å²) in [4.78, 5) is 26.2. The van der Waals surface area contributed by atoms with Crippen molar-refractivity contribution in [3.63, 3.8) is 0 Å². The molecule has 4 heterocycles. The molecule has 2 fully saturated rings. The Morgan fingerprint density at radius 1 is 1.10 bits per heavy atom. The van der Waals surface area contributed by atoms with Crippen molar-refractivity contribution in [2.24, 2.45) is 10.8 Å². The maximum absolute atomic E-state index is 13.1. The molecule has 2 saturated heterocycles. The van der Waals surface area contributed by atoms with Gasteiger partial charge in [0.2, 0.25) is 10.0 Å². The van der Waals surface area contributed by atoms with Gasteiger partial charge in [-0.15, -0.1) is 0 Å². The van der Waals surface area contributed by atoms with Crippen LogP contribution in [0.5, 0.6) is 0 Å². The highest BCUT2D eigenvalue weighted by Gasteiger charge is 2.40. The molecule has 3 aliphatic heterocycles. The molecule has 1 aromatic carbocycles. The Balaban J connectivity index is 1.27. The summed E-state index contributed by atoms with van der Waals surface area (Å²) >= 11 is 0. The molecule has 3 aliphatic rings. The van der Waals surface area contributed by atoms with Crippen molar-refractivity contribution >= 4 is 21.9 Å². The standard InChI is InChI=1S/C29H40N4O7S/c1-4-33-25-23(17-29(19-30-26(25)34)9-13-38-14-10-29)24(31-33)18-28(2,3)20-40-27(35)21-5-7-22(8-6-21)41(36,37)32-11-15-39-16-12-32/h5-8H,4,9-20H2,1-3H3,(H,30,34). The van der Waals surface area contributed by atoms with Gasteiger partial charge in [-0.05, 0) is 55.9 Å². The molecule has 0 bridgehead atoms. The van der Waals surface area contributed by atoms with E-state index in [-0.39, 0.29) is 28.4 Å². The van der Waals surface area contributed by atoms with Gasteiger partial charge in [0.05, 0.1) is 36.0 Å². The van der Waals surface area contributed by atoms with Gasteiger partial charge in [0.15, 0.2) is 0 Å². The predicted molar refractivity (Wildman–Crippen MR) is 150 cm³/mol. The van der Waals surface area contributed by atoms with Crippen LogP contribution in [-0.2, 0) is 43.6 Å². The van der Waals surface area contributed by atoms with E-state index in [1.165, 1.54) is 28.6 Å². The SMILES string of the molecule is CCn1nc(CC(C)(C)COC(=O)c2ccc(S(=O)(=O)N3CCOCC3)cc2)c2c1C(=O)NCC1(CCOCC1)C2. The van der Waals surface area contributed by atoms with Gasteiger partial charge in [-0.25, -0.2) is 13.2 Å². The maximum Gasteiger partial charge on any atom is 0.338 e. The minimum atomic E-state index is -3.64. The number of rotatable bonds is 8. The average Bonchev–Trinajstić information content (AvgIpc) is 3.24. The third-order valence-corrected chi connectivity index (χ3v) is 10.2. The van der Waals surface area contributed by atoms with Crippen LogP contribution in [0.4, 0.5) is 0 Å². The average molecular weight is 589 g/mol. The van der Waals surface area contributed by atoms with Crippen LogP contribution in [0.1, 0.15) is 65.7 Å². The Bertz CT molecular complexity index is 1370. The zero-order valence-electron chi connectivity index (χ0n) is 24.1. The number of nitrogens with one attached hydrogen (secondary N) is 1. The number of hydrogen-bond acceptors (Lipinski definition) is 8. The summed E-state index contributed by atoms with van der Waals surface area (Å²) in [5.41, 5.74) is 2.26. The lowest BCUT2D eigenvalue weighted by Crippen LogP contribution is -2.40. The minimum absolute atomic E-state index is 0.0481. The van der Waals surface area contributed by atoms with E-state index in [9.17, 15) is 18.0 Å². The molecule has 2 aromatic rings. The van der Waals surface area contributed by atoms with Crippen LogP contribution in [-0.4, -0.2) is 87.0 Å². The highest BCUT2D eigenvalue weighted by atomic mass is 32.2. The number of nitrogens with zero attached hydrogens (tertiary/aromatic N) is 3. The molecule has 224 valence electrons. The number of aryl methyl sites for hydroxylation is 1. The lowest BCUT2D eigenvalue weighted by atomic mass is 9.74. The number of fused-ring (bicyclic) bond motifs is 1. The number of carbonyl (C=O) groups is 2. The van der Waals surface area contributed by atoms with E-state index in [1.807, 2.05) is 20.8 Å². The van der Waals surface area contributed by atoms with Crippen molar-refractivity contribution in [2.45, 2.75) is 57.9 Å². The second-order valence-electron chi connectivity index (χ2n) is 12.0. The molecular weight excluding hydrogens is 548 g/mol. The minimum Gasteiger partial charge on any atom is -0.462 e. The Labute approximate surface area is 241 Å². The maximum atomic E-state index is 13.1. The van der Waals surface area contributed by atoms with E-state index >= 15 is 0 Å². The van der Waals surface area contributed by atoms with Crippen molar-refractivity contribution in [1.29, 1.82) is 0 Å². The van der Waals surface area contributed by atoms with E-state index in [4.69, 9.17) is 19.3 Å². The number of sulfonamides is 1. The Morgan fingerprint density at radius 2 is 1.76 bits per heavy atom. The number of esters is 1. The molecule has 0 atom stereocenters. The van der Waals surface area contributed by atoms with E-state index in [0.717, 1.165) is 30.5 Å². The Hall–Kier alpha value is -2.80. The van der Waals surface area contributed by atoms with E-state index in [1.54, 1.807) is 4.68 Å². The summed E-state index contributed by atoms with van der Waals surface area (Å²) in [7, 11) is -3.64. The monoisotopic (exact) mass is 588 g/mol. The topological polar surface area (TPSA) is 129 Å². The smallest absolute Gasteiger partial charge is 0.338 e. The summed E-state index contributed by atoms with van der Waals surface area (Å²) < 4.78 is 45.5. The van der Waals surface area contributed by atoms with E-state index < -0.39 is 21.4 Å². The summed E-state index contributed by atoms with van der Waals surface area (Å²) in [6, 6.07) is 5.85. The number of carbonyl (C=O) groups excluding carboxylic acids is 2. The first-order valence-corrected chi connectivity index (χ1v) is 15.8.